The Balaban J connectivity index is 0.000000318. The summed E-state index contributed by atoms with van der Waals surface area (Å²) in [6, 6.07) is -0.443. The van der Waals surface area contributed by atoms with E-state index < -0.39 is 23.4 Å². The lowest BCUT2D eigenvalue weighted by Gasteiger charge is -2.64. The van der Waals surface area contributed by atoms with Crippen LogP contribution in [-0.4, -0.2) is 236 Å². The summed E-state index contributed by atoms with van der Waals surface area (Å²) in [5.41, 5.74) is 0.196. The number of hydrogen-bond donors (Lipinski definition) is 15. The number of carbonyl (C=O) groups is 3. The van der Waals surface area contributed by atoms with Gasteiger partial charge in [0.1, 0.15) is 17.6 Å². The van der Waals surface area contributed by atoms with E-state index in [0.717, 1.165) is 179 Å². The molecular formula is C71H137B6N7O18. The molecule has 25 nitrogen and oxygen atoms in total. The highest BCUT2D eigenvalue weighted by Gasteiger charge is 2.67. The van der Waals surface area contributed by atoms with Gasteiger partial charge in [-0.25, -0.2) is 0 Å². The number of likely N-dealkylation sites (tertiary alicyclic amines) is 1. The molecule has 0 aromatic carbocycles. The molecule has 14 atom stereocenters. The third-order valence-corrected chi connectivity index (χ3v) is 24.0. The van der Waals surface area contributed by atoms with Gasteiger partial charge in [0.05, 0.1) is 18.3 Å². The van der Waals surface area contributed by atoms with E-state index in [1.54, 1.807) is 20.5 Å². The van der Waals surface area contributed by atoms with Crippen LogP contribution in [0.5, 0.6) is 0 Å². The molecule has 0 spiro atoms. The molecule has 31 heteroatoms. The first kappa shape index (κ1) is 93.2. The zero-order chi connectivity index (χ0) is 75.9. The van der Waals surface area contributed by atoms with E-state index in [0.29, 0.717) is 41.2 Å². The number of nitrogens with zero attached hydrogens (tertiary/aromatic N) is 1. The second-order valence-corrected chi connectivity index (χ2v) is 32.7. The first-order valence-electron chi connectivity index (χ1n) is 39.6. The number of carboxylic acids is 3. The Morgan fingerprint density at radius 1 is 0.578 bits per heavy atom. The topological polar surface area (TPSA) is 395 Å². The van der Waals surface area contributed by atoms with Crippen LogP contribution in [-0.2, 0) is 42.9 Å². The molecule has 2 bridgehead atoms. The number of aliphatic hydroxyl groups excluding tert-OH is 1. The van der Waals surface area contributed by atoms with E-state index in [4.69, 9.17) is 63.9 Å². The molecule has 11 fully saturated rings. The number of nitrogens with one attached hydrogen (secondary N) is 6. The first-order chi connectivity index (χ1) is 48.4. The van der Waals surface area contributed by atoms with Crippen molar-refractivity contribution in [3.05, 3.63) is 0 Å². The quantitative estimate of drug-likeness (QED) is 0.0341. The first-order valence-corrected chi connectivity index (χ1v) is 39.6. The van der Waals surface area contributed by atoms with Crippen molar-refractivity contribution in [2.24, 2.45) is 52.3 Å². The second kappa shape index (κ2) is 49.8. The lowest BCUT2D eigenvalue weighted by Crippen LogP contribution is -2.65. The Hall–Kier alpha value is -3.04. The number of piperidine rings is 1. The van der Waals surface area contributed by atoms with Gasteiger partial charge in [-0.1, -0.05) is 99.8 Å². The van der Waals surface area contributed by atoms with E-state index in [-0.39, 0.29) is 96.0 Å². The Labute approximate surface area is 614 Å². The molecule has 11 rings (SSSR count). The van der Waals surface area contributed by atoms with Crippen molar-refractivity contribution in [3.63, 3.8) is 0 Å². The number of aliphatic hydroxyl groups is 1. The van der Waals surface area contributed by atoms with Crippen LogP contribution in [0, 0.1) is 52.3 Å². The van der Waals surface area contributed by atoms with Crippen molar-refractivity contribution in [1.82, 2.24) is 36.8 Å². The minimum absolute atomic E-state index is 0.0160. The molecule has 0 aromatic heterocycles. The van der Waals surface area contributed by atoms with Crippen LogP contribution in [0.2, 0.25) is 72.0 Å². The SMILES string of the molecule is CB(O)CCCC1CCNC1(CCN1CCCCC1)C(=O)O.CB(O)CCCC1CCNC1CO.CB(O)CCC[C@@H]1CCN[C@H]1C(=O)O.CB(O)CCC[C@H]1CCN[C@@H]1C(=O)O.CB(O)CCC[C@]1(C)CCNC1.CC1(C)[C@H]2C[C@@H]3OB(CCC[C@@H]4CCNC4)O[C@]3(C)[C@@H]1C2.O=C=O.O=C=O. The summed E-state index contributed by atoms with van der Waals surface area (Å²) in [4.78, 5) is 68.5. The molecule has 11 aliphatic rings. The maximum Gasteiger partial charge on any atom is 0.457 e. The third-order valence-electron chi connectivity index (χ3n) is 24.0. The van der Waals surface area contributed by atoms with Gasteiger partial charge in [0.15, 0.2) is 0 Å². The van der Waals surface area contributed by atoms with Crippen LogP contribution < -0.4 is 31.9 Å². The van der Waals surface area contributed by atoms with Crippen LogP contribution in [0.15, 0.2) is 0 Å². The van der Waals surface area contributed by atoms with Gasteiger partial charge in [0.2, 0.25) is 0 Å². The van der Waals surface area contributed by atoms with Crippen molar-refractivity contribution < 1.29 is 88.4 Å². The van der Waals surface area contributed by atoms with E-state index in [2.05, 4.69) is 64.5 Å². The Kier molecular flexibility index (Phi) is 45.5. The molecule has 15 N–H and O–H groups in total. The fraction of sp³-hybridized carbons (Fsp3) is 0.930. The average Bonchev–Trinajstić information content (AvgIpc) is 1.40. The molecule has 582 valence electrons. The lowest BCUT2D eigenvalue weighted by atomic mass is 9.43. The number of hydrogen-bond acceptors (Lipinski definition) is 22. The molecule has 3 saturated carbocycles. The second-order valence-electron chi connectivity index (χ2n) is 32.7. The molecule has 102 heavy (non-hydrogen) atoms. The minimum atomic E-state index is -0.754. The van der Waals surface area contributed by atoms with E-state index in [1.165, 1.54) is 90.3 Å². The Bertz CT molecular complexity index is 2320. The van der Waals surface area contributed by atoms with E-state index in [1.807, 2.05) is 13.6 Å². The van der Waals surface area contributed by atoms with Gasteiger partial charge < -0.3 is 91.7 Å². The van der Waals surface area contributed by atoms with Gasteiger partial charge in [0, 0.05) is 19.1 Å². The smallest absolute Gasteiger partial charge is 0.457 e. The molecule has 3 aliphatic carbocycles. The summed E-state index contributed by atoms with van der Waals surface area (Å²) < 4.78 is 12.8. The molecule has 8 heterocycles. The average molecular weight is 1440 g/mol. The zero-order valence-corrected chi connectivity index (χ0v) is 64.2. The standard InChI is InChI=1S/C17H30BNO2.C16H31BN2O3.2C9H18BNO3.C9H20BNO2.C9H20BNO.2CO2/c1-16(2)13-9-14(16)17(3)15(10-13)20-18(21-17)7-4-5-12-6-8-19-11-12;1-17(22)9-5-6-14-7-10-18-16(14,15(20)21)8-13-19-11-3-2-4-12-19;2*1-10(14)5-2-3-7-4-6-11-8(7)9(12)13;1-10(13)5-2-3-8-4-6-11-9(8)7-12;1-9(5-7-11-8-9)4-3-6-10(2)12;2*2-1-3/h12-15,19H,4-11H2,1-3H3;14,18,22H,2-13H2,1H3,(H,20,21);2*7-8,11,14H,2-6H2,1H3,(H,12,13);8-9,11-13H,2-7H2,1H3;11-12H,3-8H2,1-2H3;;/t12-,13-,14-,15+,17-;;2*7-,8-;;9-;;/m1.10.1../s1. The predicted octanol–water partition coefficient (Wildman–Crippen LogP) is 6.24. The maximum absolute atomic E-state index is 12.0. The third kappa shape index (κ3) is 33.2. The van der Waals surface area contributed by atoms with Crippen LogP contribution in [0.3, 0.4) is 0 Å². The Morgan fingerprint density at radius 3 is 1.56 bits per heavy atom. The van der Waals surface area contributed by atoms with Crippen molar-refractivity contribution >= 4 is 71.9 Å². The monoisotopic (exact) mass is 1440 g/mol. The van der Waals surface area contributed by atoms with Gasteiger partial charge in [0.25, 0.3) is 34.6 Å². The van der Waals surface area contributed by atoms with Gasteiger partial charge in [-0.2, -0.15) is 19.2 Å². The number of aliphatic carboxylic acids is 3. The largest absolute Gasteiger partial charge is 0.480 e. The summed E-state index contributed by atoms with van der Waals surface area (Å²) >= 11 is 0. The summed E-state index contributed by atoms with van der Waals surface area (Å²) in [5.74, 6) is 1.54. The van der Waals surface area contributed by atoms with Gasteiger partial charge >= 0.3 is 37.3 Å². The highest BCUT2D eigenvalue weighted by atomic mass is 16.7. The highest BCUT2D eigenvalue weighted by Crippen LogP contribution is 2.66. The molecule has 8 aliphatic heterocycles. The summed E-state index contributed by atoms with van der Waals surface area (Å²) in [5, 5.41) is 102. The molecule has 0 amide bonds. The van der Waals surface area contributed by atoms with Crippen molar-refractivity contribution in [2.45, 2.75) is 289 Å². The summed E-state index contributed by atoms with van der Waals surface area (Å²) in [6.07, 6.45) is 32.4. The molecule has 8 saturated heterocycles. The van der Waals surface area contributed by atoms with Gasteiger partial charge in [-0.05, 0) is 265 Å². The van der Waals surface area contributed by atoms with Gasteiger partial charge in [-0.15, -0.1) is 0 Å². The highest BCUT2D eigenvalue weighted by molar-refractivity contribution is 6.49. The number of carboxylic acid groups (broad SMARTS) is 3. The van der Waals surface area contributed by atoms with Crippen molar-refractivity contribution in [3.8, 4) is 0 Å². The normalized spacial score (nSPS) is 30.5. The van der Waals surface area contributed by atoms with Crippen LogP contribution in [0.25, 0.3) is 0 Å². The molecule has 4 unspecified atom stereocenters. The summed E-state index contributed by atoms with van der Waals surface area (Å²) in [7, 11) is 0.0597. The van der Waals surface area contributed by atoms with E-state index >= 15 is 0 Å². The zero-order valence-electron chi connectivity index (χ0n) is 64.2. The van der Waals surface area contributed by atoms with Crippen molar-refractivity contribution in [1.29, 1.82) is 0 Å². The lowest BCUT2D eigenvalue weighted by molar-refractivity contribution is -0.199. The molecule has 0 radical (unpaired) electrons. The van der Waals surface area contributed by atoms with Crippen molar-refractivity contribution in [2.75, 3.05) is 78.6 Å². The van der Waals surface area contributed by atoms with E-state index in [9.17, 15) is 24.5 Å². The van der Waals surface area contributed by atoms with Gasteiger partial charge in [-0.3, -0.25) is 14.4 Å². The number of carbonyl (C=O) groups excluding carboxylic acids is 4. The maximum atomic E-state index is 12.0. The fourth-order valence-corrected chi connectivity index (χ4v) is 17.7. The van der Waals surface area contributed by atoms with Crippen LogP contribution in [0.4, 0.5) is 0 Å². The van der Waals surface area contributed by atoms with Crippen LogP contribution >= 0.6 is 0 Å². The fourth-order valence-electron chi connectivity index (χ4n) is 17.7. The Morgan fingerprint density at radius 2 is 1.09 bits per heavy atom. The predicted molar refractivity (Wildman–Crippen MR) is 404 cm³/mol. The number of rotatable bonds is 31. The minimum Gasteiger partial charge on any atom is -0.480 e. The summed E-state index contributed by atoms with van der Waals surface area (Å²) in [6.45, 7) is 29.0. The molecular weight excluding hydrogens is 1300 g/mol. The molecule has 0 aromatic rings. The van der Waals surface area contributed by atoms with Crippen LogP contribution in [0.1, 0.15) is 182 Å².